The van der Waals surface area contributed by atoms with Crippen LogP contribution in [0.2, 0.25) is 0 Å². The SMILES string of the molecule is Cc1cc(C)cc(OC(C)C(=O)Nc2cc(-c3ccccc3)no2)c1. The van der Waals surface area contributed by atoms with Crippen LogP contribution >= 0.6 is 0 Å². The topological polar surface area (TPSA) is 64.4 Å². The Bertz CT molecular complexity index is 851. The lowest BCUT2D eigenvalue weighted by atomic mass is 10.1. The molecule has 2 aromatic carbocycles. The van der Waals surface area contributed by atoms with Crippen molar-refractivity contribution in [1.29, 1.82) is 0 Å². The smallest absolute Gasteiger partial charge is 0.267 e. The monoisotopic (exact) mass is 336 g/mol. The van der Waals surface area contributed by atoms with E-state index in [0.717, 1.165) is 16.7 Å². The summed E-state index contributed by atoms with van der Waals surface area (Å²) in [5.41, 5.74) is 3.76. The highest BCUT2D eigenvalue weighted by Gasteiger charge is 2.17. The van der Waals surface area contributed by atoms with E-state index in [4.69, 9.17) is 9.26 Å². The van der Waals surface area contributed by atoms with Crippen molar-refractivity contribution in [2.75, 3.05) is 5.32 Å². The summed E-state index contributed by atoms with van der Waals surface area (Å²) in [6.07, 6.45) is -0.661. The van der Waals surface area contributed by atoms with E-state index in [0.29, 0.717) is 17.3 Å². The molecule has 128 valence electrons. The van der Waals surface area contributed by atoms with E-state index in [1.807, 2.05) is 56.3 Å². The minimum absolute atomic E-state index is 0.291. The summed E-state index contributed by atoms with van der Waals surface area (Å²) in [6.45, 7) is 5.68. The van der Waals surface area contributed by atoms with Crippen molar-refractivity contribution >= 4 is 11.8 Å². The van der Waals surface area contributed by atoms with E-state index in [1.165, 1.54) is 0 Å². The number of rotatable bonds is 5. The van der Waals surface area contributed by atoms with Crippen LogP contribution in [-0.4, -0.2) is 17.2 Å². The zero-order valence-corrected chi connectivity index (χ0v) is 14.4. The van der Waals surface area contributed by atoms with E-state index >= 15 is 0 Å². The van der Waals surface area contributed by atoms with Gasteiger partial charge >= 0.3 is 0 Å². The first-order valence-corrected chi connectivity index (χ1v) is 8.09. The van der Waals surface area contributed by atoms with Crippen LogP contribution in [0.3, 0.4) is 0 Å². The van der Waals surface area contributed by atoms with Crippen molar-refractivity contribution < 1.29 is 14.1 Å². The van der Waals surface area contributed by atoms with Crippen LogP contribution in [0.15, 0.2) is 59.1 Å². The maximum Gasteiger partial charge on any atom is 0.267 e. The van der Waals surface area contributed by atoms with Crippen LogP contribution in [-0.2, 0) is 4.79 Å². The van der Waals surface area contributed by atoms with Gasteiger partial charge in [0, 0.05) is 11.6 Å². The van der Waals surface area contributed by atoms with E-state index in [1.54, 1.807) is 13.0 Å². The summed E-state index contributed by atoms with van der Waals surface area (Å²) in [6, 6.07) is 17.2. The highest BCUT2D eigenvalue weighted by Crippen LogP contribution is 2.22. The Hall–Kier alpha value is -3.08. The molecule has 0 aliphatic carbocycles. The number of benzene rings is 2. The van der Waals surface area contributed by atoms with E-state index in [9.17, 15) is 4.79 Å². The molecule has 3 rings (SSSR count). The third-order valence-corrected chi connectivity index (χ3v) is 3.70. The number of aryl methyl sites for hydroxylation is 2. The predicted molar refractivity (Wildman–Crippen MR) is 96.6 cm³/mol. The van der Waals surface area contributed by atoms with Crippen LogP contribution in [0.4, 0.5) is 5.88 Å². The van der Waals surface area contributed by atoms with Gasteiger partial charge in [0.05, 0.1) is 0 Å². The van der Waals surface area contributed by atoms with Gasteiger partial charge in [-0.05, 0) is 44.0 Å². The number of carbonyl (C=O) groups is 1. The Kier molecular flexibility index (Phi) is 4.84. The quantitative estimate of drug-likeness (QED) is 0.751. The minimum atomic E-state index is -0.661. The summed E-state index contributed by atoms with van der Waals surface area (Å²) in [4.78, 5) is 12.3. The standard InChI is InChI=1S/C20H20N2O3/c1-13-9-14(2)11-17(10-13)24-15(3)20(23)21-19-12-18(22-25-19)16-7-5-4-6-8-16/h4-12,15H,1-3H3,(H,21,23). The van der Waals surface area contributed by atoms with Crippen molar-refractivity contribution in [3.8, 4) is 17.0 Å². The molecule has 5 nitrogen and oxygen atoms in total. The molecule has 0 aliphatic rings. The fraction of sp³-hybridized carbons (Fsp3) is 0.200. The van der Waals surface area contributed by atoms with E-state index < -0.39 is 6.10 Å². The largest absolute Gasteiger partial charge is 0.481 e. The third kappa shape index (κ3) is 4.26. The van der Waals surface area contributed by atoms with Gasteiger partial charge in [0.2, 0.25) is 5.88 Å². The van der Waals surface area contributed by atoms with Crippen LogP contribution in [0, 0.1) is 13.8 Å². The molecule has 3 aromatic rings. The van der Waals surface area contributed by atoms with Gasteiger partial charge in [0.15, 0.2) is 6.10 Å². The number of anilines is 1. The number of nitrogens with one attached hydrogen (secondary N) is 1. The lowest BCUT2D eigenvalue weighted by Gasteiger charge is -2.14. The van der Waals surface area contributed by atoms with E-state index in [-0.39, 0.29) is 5.91 Å². The van der Waals surface area contributed by atoms with Crippen molar-refractivity contribution in [2.45, 2.75) is 26.9 Å². The Balaban J connectivity index is 1.64. The van der Waals surface area contributed by atoms with Gasteiger partial charge in [-0.15, -0.1) is 0 Å². The van der Waals surface area contributed by atoms with Crippen LogP contribution in [0.5, 0.6) is 5.75 Å². The number of hydrogen-bond donors (Lipinski definition) is 1. The van der Waals surface area contributed by atoms with E-state index in [2.05, 4.69) is 16.5 Å². The van der Waals surface area contributed by atoms with Gasteiger partial charge in [0.25, 0.3) is 5.91 Å². The minimum Gasteiger partial charge on any atom is -0.481 e. The highest BCUT2D eigenvalue weighted by atomic mass is 16.5. The summed E-state index contributed by atoms with van der Waals surface area (Å²) < 4.78 is 10.9. The Morgan fingerprint density at radius 2 is 1.76 bits per heavy atom. The molecule has 1 N–H and O–H groups in total. The third-order valence-electron chi connectivity index (χ3n) is 3.70. The average Bonchev–Trinajstić information content (AvgIpc) is 3.03. The first-order valence-electron chi connectivity index (χ1n) is 8.09. The molecule has 1 aromatic heterocycles. The first-order chi connectivity index (χ1) is 12.0. The Morgan fingerprint density at radius 3 is 2.44 bits per heavy atom. The van der Waals surface area contributed by atoms with Gasteiger partial charge in [-0.25, -0.2) is 0 Å². The van der Waals surface area contributed by atoms with Crippen molar-refractivity contribution in [2.24, 2.45) is 0 Å². The maximum absolute atomic E-state index is 12.3. The Labute approximate surface area is 146 Å². The van der Waals surface area contributed by atoms with Gasteiger partial charge in [0.1, 0.15) is 11.4 Å². The van der Waals surface area contributed by atoms with Gasteiger partial charge < -0.3 is 9.26 Å². The number of ether oxygens (including phenoxy) is 1. The summed E-state index contributed by atoms with van der Waals surface area (Å²) in [5.74, 6) is 0.664. The molecule has 0 saturated heterocycles. The predicted octanol–water partition coefficient (Wildman–Crippen LogP) is 4.36. The van der Waals surface area contributed by atoms with Crippen LogP contribution in [0.25, 0.3) is 11.3 Å². The molecular formula is C20H20N2O3. The zero-order chi connectivity index (χ0) is 17.8. The summed E-state index contributed by atoms with van der Waals surface area (Å²) in [7, 11) is 0. The molecule has 1 heterocycles. The second kappa shape index (κ2) is 7.21. The average molecular weight is 336 g/mol. The molecule has 1 atom stereocenters. The summed E-state index contributed by atoms with van der Waals surface area (Å²) in [5, 5.41) is 6.66. The van der Waals surface area contributed by atoms with Crippen LogP contribution in [0.1, 0.15) is 18.1 Å². The number of aromatic nitrogens is 1. The van der Waals surface area contributed by atoms with Gasteiger partial charge in [-0.1, -0.05) is 41.6 Å². The molecule has 0 bridgehead atoms. The molecule has 0 spiro atoms. The molecule has 1 unspecified atom stereocenters. The number of amides is 1. The van der Waals surface area contributed by atoms with Gasteiger partial charge in [-0.3, -0.25) is 10.1 Å². The maximum atomic E-state index is 12.3. The number of carbonyl (C=O) groups excluding carboxylic acids is 1. The van der Waals surface area contributed by atoms with Crippen molar-refractivity contribution in [3.05, 3.63) is 65.7 Å². The van der Waals surface area contributed by atoms with Crippen molar-refractivity contribution in [1.82, 2.24) is 5.16 Å². The molecule has 25 heavy (non-hydrogen) atoms. The molecule has 5 heteroatoms. The molecule has 0 aliphatic heterocycles. The van der Waals surface area contributed by atoms with Crippen molar-refractivity contribution in [3.63, 3.8) is 0 Å². The fourth-order valence-corrected chi connectivity index (χ4v) is 2.56. The Morgan fingerprint density at radius 1 is 1.08 bits per heavy atom. The normalized spacial score (nSPS) is 11.8. The zero-order valence-electron chi connectivity index (χ0n) is 14.4. The second-order valence-electron chi connectivity index (χ2n) is 6.02. The lowest BCUT2D eigenvalue weighted by Crippen LogP contribution is -2.30. The second-order valence-corrected chi connectivity index (χ2v) is 6.02. The summed E-state index contributed by atoms with van der Waals surface area (Å²) >= 11 is 0. The van der Waals surface area contributed by atoms with Gasteiger partial charge in [-0.2, -0.15) is 0 Å². The molecule has 0 saturated carbocycles. The molecule has 0 radical (unpaired) electrons. The first kappa shape index (κ1) is 16.8. The lowest BCUT2D eigenvalue weighted by molar-refractivity contribution is -0.122. The molecule has 0 fully saturated rings. The highest BCUT2D eigenvalue weighted by molar-refractivity contribution is 5.93. The molecular weight excluding hydrogens is 316 g/mol. The fourth-order valence-electron chi connectivity index (χ4n) is 2.56. The van der Waals surface area contributed by atoms with Crippen LogP contribution < -0.4 is 10.1 Å². The number of nitrogens with zero attached hydrogens (tertiary/aromatic N) is 1. The number of hydrogen-bond acceptors (Lipinski definition) is 4. The molecule has 1 amide bonds.